The van der Waals surface area contributed by atoms with E-state index in [2.05, 4.69) is 24.0 Å². The Morgan fingerprint density at radius 3 is 2.86 bits per heavy atom. The van der Waals surface area contributed by atoms with E-state index in [0.29, 0.717) is 12.5 Å². The summed E-state index contributed by atoms with van der Waals surface area (Å²) in [4.78, 5) is 0. The zero-order chi connectivity index (χ0) is 10.6. The average Bonchev–Trinajstić information content (AvgIpc) is 2.51. The standard InChI is InChI=1S/C9H18N4O/c1-7(2)4-13-6-11-12-9(13)8(10)5-14-3/h6-8H,4-5,10H2,1-3H3. The molecule has 0 aliphatic rings. The van der Waals surface area contributed by atoms with E-state index in [1.807, 2.05) is 4.57 Å². The van der Waals surface area contributed by atoms with Gasteiger partial charge >= 0.3 is 0 Å². The Hall–Kier alpha value is -0.940. The molecular formula is C9H18N4O. The van der Waals surface area contributed by atoms with E-state index < -0.39 is 0 Å². The fourth-order valence-corrected chi connectivity index (χ4v) is 1.34. The van der Waals surface area contributed by atoms with Crippen LogP contribution in [0.3, 0.4) is 0 Å². The highest BCUT2D eigenvalue weighted by atomic mass is 16.5. The SMILES string of the molecule is COCC(N)c1nncn1CC(C)C. The van der Waals surface area contributed by atoms with Gasteiger partial charge in [-0.05, 0) is 5.92 Å². The van der Waals surface area contributed by atoms with Crippen LogP contribution >= 0.6 is 0 Å². The highest BCUT2D eigenvalue weighted by Gasteiger charge is 2.13. The zero-order valence-electron chi connectivity index (χ0n) is 8.97. The van der Waals surface area contributed by atoms with Gasteiger partial charge in [0, 0.05) is 13.7 Å². The Balaban J connectivity index is 2.70. The average molecular weight is 198 g/mol. The van der Waals surface area contributed by atoms with Gasteiger partial charge in [0.05, 0.1) is 12.6 Å². The van der Waals surface area contributed by atoms with Crippen molar-refractivity contribution in [1.82, 2.24) is 14.8 Å². The summed E-state index contributed by atoms with van der Waals surface area (Å²) in [6.07, 6.45) is 1.71. The molecule has 1 rings (SSSR count). The molecule has 2 N–H and O–H groups in total. The molecule has 0 spiro atoms. The fraction of sp³-hybridized carbons (Fsp3) is 0.778. The highest BCUT2D eigenvalue weighted by molar-refractivity contribution is 4.93. The van der Waals surface area contributed by atoms with E-state index in [0.717, 1.165) is 12.4 Å². The van der Waals surface area contributed by atoms with Crippen LogP contribution in [0.4, 0.5) is 0 Å². The predicted molar refractivity (Wildman–Crippen MR) is 53.7 cm³/mol. The van der Waals surface area contributed by atoms with Gasteiger partial charge in [-0.2, -0.15) is 0 Å². The number of hydrogen-bond acceptors (Lipinski definition) is 4. The summed E-state index contributed by atoms with van der Waals surface area (Å²) in [6, 6.07) is -0.193. The number of aromatic nitrogens is 3. The van der Waals surface area contributed by atoms with Gasteiger partial charge in [-0.3, -0.25) is 0 Å². The number of nitrogens with two attached hydrogens (primary N) is 1. The van der Waals surface area contributed by atoms with E-state index in [-0.39, 0.29) is 6.04 Å². The maximum Gasteiger partial charge on any atom is 0.152 e. The Bertz CT molecular complexity index is 272. The van der Waals surface area contributed by atoms with Gasteiger partial charge in [0.1, 0.15) is 6.33 Å². The van der Waals surface area contributed by atoms with Crippen molar-refractivity contribution in [3.63, 3.8) is 0 Å². The molecule has 5 heteroatoms. The van der Waals surface area contributed by atoms with Gasteiger partial charge in [-0.15, -0.1) is 10.2 Å². The lowest BCUT2D eigenvalue weighted by Crippen LogP contribution is -2.22. The van der Waals surface area contributed by atoms with E-state index in [4.69, 9.17) is 10.5 Å². The molecule has 80 valence electrons. The van der Waals surface area contributed by atoms with Crippen LogP contribution in [0.15, 0.2) is 6.33 Å². The summed E-state index contributed by atoms with van der Waals surface area (Å²) in [5, 5.41) is 7.85. The molecule has 0 fully saturated rings. The van der Waals surface area contributed by atoms with Crippen molar-refractivity contribution in [3.05, 3.63) is 12.2 Å². The summed E-state index contributed by atoms with van der Waals surface area (Å²) < 4.78 is 6.96. The van der Waals surface area contributed by atoms with Gasteiger partial charge in [-0.25, -0.2) is 0 Å². The number of hydrogen-bond donors (Lipinski definition) is 1. The lowest BCUT2D eigenvalue weighted by Gasteiger charge is -2.13. The molecule has 0 aromatic carbocycles. The maximum atomic E-state index is 5.88. The molecule has 0 bridgehead atoms. The summed E-state index contributed by atoms with van der Waals surface area (Å²) in [5.74, 6) is 1.35. The molecule has 1 aromatic rings. The first-order valence-corrected chi connectivity index (χ1v) is 4.77. The molecular weight excluding hydrogens is 180 g/mol. The summed E-state index contributed by atoms with van der Waals surface area (Å²) in [6.45, 7) is 5.65. The predicted octanol–water partition coefficient (Wildman–Crippen LogP) is 0.580. The van der Waals surface area contributed by atoms with Gasteiger partial charge in [-0.1, -0.05) is 13.8 Å². The molecule has 0 amide bonds. The monoisotopic (exact) mass is 198 g/mol. The Labute approximate surface area is 84.3 Å². The van der Waals surface area contributed by atoms with E-state index in [1.165, 1.54) is 0 Å². The van der Waals surface area contributed by atoms with Gasteiger partial charge in [0.25, 0.3) is 0 Å². The zero-order valence-corrected chi connectivity index (χ0v) is 8.97. The lowest BCUT2D eigenvalue weighted by molar-refractivity contribution is 0.176. The fourth-order valence-electron chi connectivity index (χ4n) is 1.34. The van der Waals surface area contributed by atoms with Crippen LogP contribution in [0, 0.1) is 5.92 Å². The number of rotatable bonds is 5. The summed E-state index contributed by atoms with van der Waals surface area (Å²) in [7, 11) is 1.63. The molecule has 0 saturated carbocycles. The first kappa shape index (κ1) is 11.1. The summed E-state index contributed by atoms with van der Waals surface area (Å²) in [5.41, 5.74) is 5.88. The summed E-state index contributed by atoms with van der Waals surface area (Å²) >= 11 is 0. The minimum atomic E-state index is -0.193. The largest absolute Gasteiger partial charge is 0.383 e. The third-order valence-electron chi connectivity index (χ3n) is 1.89. The topological polar surface area (TPSA) is 66.0 Å². The van der Waals surface area contributed by atoms with Crippen LogP contribution < -0.4 is 5.73 Å². The van der Waals surface area contributed by atoms with Crippen LogP contribution in [0.25, 0.3) is 0 Å². The third kappa shape index (κ3) is 2.78. The lowest BCUT2D eigenvalue weighted by atomic mass is 10.2. The van der Waals surface area contributed by atoms with Crippen LogP contribution in [0.2, 0.25) is 0 Å². The molecule has 1 aromatic heterocycles. The van der Waals surface area contributed by atoms with Crippen molar-refractivity contribution < 1.29 is 4.74 Å². The van der Waals surface area contributed by atoms with Crippen LogP contribution in [0.5, 0.6) is 0 Å². The molecule has 1 heterocycles. The maximum absolute atomic E-state index is 5.88. The molecule has 1 unspecified atom stereocenters. The van der Waals surface area contributed by atoms with E-state index >= 15 is 0 Å². The van der Waals surface area contributed by atoms with Crippen LogP contribution in [-0.2, 0) is 11.3 Å². The minimum Gasteiger partial charge on any atom is -0.383 e. The molecule has 0 aliphatic carbocycles. The first-order valence-electron chi connectivity index (χ1n) is 4.77. The highest BCUT2D eigenvalue weighted by Crippen LogP contribution is 2.09. The Morgan fingerprint density at radius 1 is 1.57 bits per heavy atom. The molecule has 1 atom stereocenters. The van der Waals surface area contributed by atoms with Crippen LogP contribution in [-0.4, -0.2) is 28.5 Å². The Kier molecular flexibility index (Phi) is 4.03. The molecule has 14 heavy (non-hydrogen) atoms. The molecule has 5 nitrogen and oxygen atoms in total. The molecule has 0 radical (unpaired) electrons. The van der Waals surface area contributed by atoms with E-state index in [9.17, 15) is 0 Å². The first-order chi connectivity index (χ1) is 6.65. The van der Waals surface area contributed by atoms with Crippen molar-refractivity contribution >= 4 is 0 Å². The van der Waals surface area contributed by atoms with Crippen LogP contribution in [0.1, 0.15) is 25.7 Å². The second-order valence-electron chi connectivity index (χ2n) is 3.80. The number of methoxy groups -OCH3 is 1. The van der Waals surface area contributed by atoms with Crippen molar-refractivity contribution in [2.45, 2.75) is 26.4 Å². The molecule has 0 saturated heterocycles. The van der Waals surface area contributed by atoms with Crippen molar-refractivity contribution in [2.75, 3.05) is 13.7 Å². The number of ether oxygens (including phenoxy) is 1. The minimum absolute atomic E-state index is 0.193. The van der Waals surface area contributed by atoms with Gasteiger partial charge < -0.3 is 15.0 Å². The van der Waals surface area contributed by atoms with E-state index in [1.54, 1.807) is 13.4 Å². The second kappa shape index (κ2) is 5.07. The van der Waals surface area contributed by atoms with Gasteiger partial charge in [0.15, 0.2) is 5.82 Å². The number of nitrogens with zero attached hydrogens (tertiary/aromatic N) is 3. The van der Waals surface area contributed by atoms with Gasteiger partial charge in [0.2, 0.25) is 0 Å². The Morgan fingerprint density at radius 2 is 2.29 bits per heavy atom. The third-order valence-corrected chi connectivity index (χ3v) is 1.89. The van der Waals surface area contributed by atoms with Crippen molar-refractivity contribution in [2.24, 2.45) is 11.7 Å². The van der Waals surface area contributed by atoms with Crippen molar-refractivity contribution in [1.29, 1.82) is 0 Å². The normalized spacial score (nSPS) is 13.5. The second-order valence-corrected chi connectivity index (χ2v) is 3.80. The molecule has 0 aliphatic heterocycles. The quantitative estimate of drug-likeness (QED) is 0.751. The smallest absolute Gasteiger partial charge is 0.152 e. The van der Waals surface area contributed by atoms with Crippen molar-refractivity contribution in [3.8, 4) is 0 Å².